The fourth-order valence-corrected chi connectivity index (χ4v) is 3.48. The van der Waals surface area contributed by atoms with Crippen LogP contribution in [0, 0.1) is 5.92 Å². The van der Waals surface area contributed by atoms with E-state index >= 15 is 0 Å². The van der Waals surface area contributed by atoms with Gasteiger partial charge in [-0.3, -0.25) is 0 Å². The zero-order valence-electron chi connectivity index (χ0n) is 14.0. The summed E-state index contributed by atoms with van der Waals surface area (Å²) in [4.78, 5) is 13.0. The van der Waals surface area contributed by atoms with Crippen LogP contribution in [-0.4, -0.2) is 17.2 Å². The topological polar surface area (TPSA) is 46.5 Å². The van der Waals surface area contributed by atoms with Gasteiger partial charge in [-0.15, -0.1) is 0 Å². The Hall–Kier alpha value is -2.13. The van der Waals surface area contributed by atoms with Crippen LogP contribution < -0.4 is 0 Å². The minimum atomic E-state index is -1.77. The maximum atomic E-state index is 13.0. The molecule has 3 rings (SSSR count). The van der Waals surface area contributed by atoms with Gasteiger partial charge in [0.15, 0.2) is 0 Å². The molecular weight excluding hydrogens is 299 g/mol. The van der Waals surface area contributed by atoms with Crippen LogP contribution >= 0.6 is 0 Å². The second-order valence-electron chi connectivity index (χ2n) is 6.74. The van der Waals surface area contributed by atoms with E-state index in [1.807, 2.05) is 36.4 Å². The molecule has 3 heteroatoms. The molecule has 0 amide bonds. The Morgan fingerprint density at radius 2 is 1.54 bits per heavy atom. The molecule has 2 aromatic carbocycles. The van der Waals surface area contributed by atoms with Crippen LogP contribution in [0.3, 0.4) is 0 Å². The van der Waals surface area contributed by atoms with Gasteiger partial charge in [0.25, 0.3) is 0 Å². The molecular formula is C21H24O3. The summed E-state index contributed by atoms with van der Waals surface area (Å²) in [6, 6.07) is 18.0. The molecule has 1 saturated carbocycles. The van der Waals surface area contributed by atoms with Crippen LogP contribution in [0.2, 0.25) is 0 Å². The summed E-state index contributed by atoms with van der Waals surface area (Å²) in [5, 5.41) is 11.3. The van der Waals surface area contributed by atoms with Crippen molar-refractivity contribution >= 4 is 5.97 Å². The lowest BCUT2D eigenvalue weighted by molar-refractivity contribution is -0.170. The summed E-state index contributed by atoms with van der Waals surface area (Å²) in [7, 11) is 0. The predicted octanol–water partition coefficient (Wildman–Crippen LogP) is 4.04. The summed E-state index contributed by atoms with van der Waals surface area (Å²) in [6.45, 7) is 2.18. The monoisotopic (exact) mass is 323 g/mol. The summed E-state index contributed by atoms with van der Waals surface area (Å²) in [5.74, 6) is -0.0305. The van der Waals surface area contributed by atoms with E-state index in [4.69, 9.17) is 4.74 Å². The van der Waals surface area contributed by atoms with E-state index < -0.39 is 11.6 Å². The molecule has 2 atom stereocenters. The number of carbonyl (C=O) groups is 1. The van der Waals surface area contributed by atoms with Crippen molar-refractivity contribution in [1.82, 2.24) is 0 Å². The zero-order valence-corrected chi connectivity index (χ0v) is 14.0. The molecule has 1 fully saturated rings. The lowest BCUT2D eigenvalue weighted by Crippen LogP contribution is -2.41. The van der Waals surface area contributed by atoms with E-state index in [0.29, 0.717) is 17.0 Å². The van der Waals surface area contributed by atoms with E-state index in [2.05, 4.69) is 6.92 Å². The number of aliphatic hydroxyl groups is 1. The number of hydrogen-bond donors (Lipinski definition) is 1. The Balaban J connectivity index is 1.91. The minimum absolute atomic E-state index is 0.111. The standard InChI is InChI=1S/C21H24O3/c1-16-9-8-14-19(15-16)24-20(22)21(23,17-10-4-2-5-11-17)18-12-6-3-7-13-18/h2-7,10-13,16,19,23H,8-9,14-15H2,1H3/i1-1. The predicted molar refractivity (Wildman–Crippen MR) is 93.4 cm³/mol. The number of benzene rings is 2. The van der Waals surface area contributed by atoms with Crippen LogP contribution in [0.1, 0.15) is 43.7 Å². The third kappa shape index (κ3) is 3.36. The third-order valence-corrected chi connectivity index (χ3v) is 4.84. The fourth-order valence-electron chi connectivity index (χ4n) is 3.48. The molecule has 0 aromatic heterocycles. The average Bonchev–Trinajstić information content (AvgIpc) is 2.62. The van der Waals surface area contributed by atoms with E-state index in [0.717, 1.165) is 19.3 Å². The van der Waals surface area contributed by atoms with Gasteiger partial charge < -0.3 is 9.84 Å². The van der Waals surface area contributed by atoms with E-state index in [1.165, 1.54) is 6.42 Å². The fraction of sp³-hybridized carbons (Fsp3) is 0.381. The van der Waals surface area contributed by atoms with Crippen molar-refractivity contribution in [2.45, 2.75) is 44.3 Å². The SMILES string of the molecule is [11CH3]C1CCCC(OC(=O)C(O)(c2ccccc2)c2ccccc2)C1. The summed E-state index contributed by atoms with van der Waals surface area (Å²) < 4.78 is 5.75. The van der Waals surface area contributed by atoms with Gasteiger partial charge in [0.1, 0.15) is 6.10 Å². The number of rotatable bonds is 4. The molecule has 24 heavy (non-hydrogen) atoms. The van der Waals surface area contributed by atoms with Crippen molar-refractivity contribution in [3.63, 3.8) is 0 Å². The molecule has 2 aromatic rings. The summed E-state index contributed by atoms with van der Waals surface area (Å²) >= 11 is 0. The van der Waals surface area contributed by atoms with Gasteiger partial charge >= 0.3 is 5.97 Å². The Morgan fingerprint density at radius 3 is 2.04 bits per heavy atom. The molecule has 0 aliphatic heterocycles. The molecule has 2 unspecified atom stereocenters. The summed E-state index contributed by atoms with van der Waals surface area (Å²) in [6.07, 6.45) is 3.87. The van der Waals surface area contributed by atoms with Crippen LogP contribution in [0.4, 0.5) is 0 Å². The maximum absolute atomic E-state index is 13.0. The maximum Gasteiger partial charge on any atom is 0.347 e. The first-order valence-electron chi connectivity index (χ1n) is 8.65. The molecule has 0 spiro atoms. The second-order valence-corrected chi connectivity index (χ2v) is 6.74. The zero-order chi connectivity index (χ0) is 17.0. The highest BCUT2D eigenvalue weighted by Gasteiger charge is 2.42. The van der Waals surface area contributed by atoms with Crippen molar-refractivity contribution in [1.29, 1.82) is 0 Å². The van der Waals surface area contributed by atoms with Gasteiger partial charge in [-0.05, 0) is 36.3 Å². The third-order valence-electron chi connectivity index (χ3n) is 4.84. The Morgan fingerprint density at radius 1 is 1.00 bits per heavy atom. The van der Waals surface area contributed by atoms with Crippen LogP contribution in [0.15, 0.2) is 60.7 Å². The van der Waals surface area contributed by atoms with Crippen molar-refractivity contribution in [2.75, 3.05) is 0 Å². The van der Waals surface area contributed by atoms with Gasteiger partial charge in [-0.1, -0.05) is 74.0 Å². The normalized spacial score (nSPS) is 21.2. The van der Waals surface area contributed by atoms with Gasteiger partial charge in [0, 0.05) is 0 Å². The number of carbonyl (C=O) groups excluding carboxylic acids is 1. The van der Waals surface area contributed by atoms with Crippen LogP contribution in [0.25, 0.3) is 0 Å². The lowest BCUT2D eigenvalue weighted by Gasteiger charge is -2.32. The smallest absolute Gasteiger partial charge is 0.347 e. The molecule has 126 valence electrons. The quantitative estimate of drug-likeness (QED) is 0.864. The van der Waals surface area contributed by atoms with Crippen LogP contribution in [-0.2, 0) is 15.1 Å². The molecule has 3 nitrogen and oxygen atoms in total. The molecule has 1 aliphatic rings. The lowest BCUT2D eigenvalue weighted by atomic mass is 9.78. The number of esters is 1. The Bertz CT molecular complexity index is 626. The van der Waals surface area contributed by atoms with Gasteiger partial charge in [-0.2, -0.15) is 0 Å². The number of hydrogen-bond acceptors (Lipinski definition) is 3. The molecule has 0 saturated heterocycles. The average molecular weight is 323 g/mol. The summed E-state index contributed by atoms with van der Waals surface area (Å²) in [5.41, 5.74) is -0.710. The highest BCUT2D eigenvalue weighted by atomic mass is 16.6. The van der Waals surface area contributed by atoms with E-state index in [9.17, 15) is 9.90 Å². The molecule has 1 aliphatic carbocycles. The van der Waals surface area contributed by atoms with Gasteiger partial charge in [0.05, 0.1) is 0 Å². The second kappa shape index (κ2) is 7.18. The van der Waals surface area contributed by atoms with Gasteiger partial charge in [-0.25, -0.2) is 4.79 Å². The Labute approximate surface area is 143 Å². The first-order valence-corrected chi connectivity index (χ1v) is 8.65. The highest BCUT2D eigenvalue weighted by Crippen LogP contribution is 2.33. The molecule has 0 radical (unpaired) electrons. The first-order chi connectivity index (χ1) is 11.6. The molecule has 0 bridgehead atoms. The first kappa shape index (κ1) is 16.7. The van der Waals surface area contributed by atoms with Gasteiger partial charge in [0.2, 0.25) is 5.60 Å². The highest BCUT2D eigenvalue weighted by molar-refractivity contribution is 5.85. The van der Waals surface area contributed by atoms with Crippen molar-refractivity contribution < 1.29 is 14.6 Å². The molecule has 0 heterocycles. The minimum Gasteiger partial charge on any atom is -0.460 e. The van der Waals surface area contributed by atoms with Crippen molar-refractivity contribution in [3.8, 4) is 0 Å². The van der Waals surface area contributed by atoms with Crippen molar-refractivity contribution in [3.05, 3.63) is 71.8 Å². The van der Waals surface area contributed by atoms with E-state index in [-0.39, 0.29) is 6.10 Å². The Kier molecular flexibility index (Phi) is 5.00. The van der Waals surface area contributed by atoms with Crippen molar-refractivity contribution in [2.24, 2.45) is 5.92 Å². The number of ether oxygens (including phenoxy) is 1. The van der Waals surface area contributed by atoms with E-state index in [1.54, 1.807) is 24.3 Å². The molecule has 1 N–H and O–H groups in total. The van der Waals surface area contributed by atoms with Crippen LogP contribution in [0.5, 0.6) is 0 Å². The largest absolute Gasteiger partial charge is 0.460 e.